The monoisotopic (exact) mass is 470 g/mol. The highest BCUT2D eigenvalue weighted by atomic mass is 35.5. The summed E-state index contributed by atoms with van der Waals surface area (Å²) in [5, 5.41) is 12.8. The number of carbonyl (C=O) groups is 1. The van der Waals surface area contributed by atoms with Crippen molar-refractivity contribution in [2.75, 3.05) is 5.32 Å². The summed E-state index contributed by atoms with van der Waals surface area (Å²) in [5.74, 6) is -0.174. The molecule has 4 rings (SSSR count). The van der Waals surface area contributed by atoms with Crippen molar-refractivity contribution in [1.29, 1.82) is 5.26 Å². The van der Waals surface area contributed by atoms with Crippen molar-refractivity contribution >= 4 is 34.9 Å². The van der Waals surface area contributed by atoms with E-state index in [1.54, 1.807) is 48.7 Å². The number of fused-ring (bicyclic) bond motifs is 1. The summed E-state index contributed by atoms with van der Waals surface area (Å²) in [5.41, 5.74) is 1.71. The number of ether oxygens (including phenoxy) is 1. The molecule has 0 saturated heterocycles. The Labute approximate surface area is 200 Å². The summed E-state index contributed by atoms with van der Waals surface area (Å²) < 4.78 is 7.38. The number of nitrogens with zero attached hydrogens (tertiary/aromatic N) is 3. The largest absolute Gasteiger partial charge is 0.438 e. The summed E-state index contributed by atoms with van der Waals surface area (Å²) >= 11 is 5.88. The van der Waals surface area contributed by atoms with Crippen LogP contribution in [-0.2, 0) is 4.79 Å². The van der Waals surface area contributed by atoms with Crippen molar-refractivity contribution in [3.05, 3.63) is 105 Å². The zero-order chi connectivity index (χ0) is 24.2. The van der Waals surface area contributed by atoms with Crippen LogP contribution in [0.15, 0.2) is 77.2 Å². The molecule has 0 aliphatic rings. The number of hydrogen-bond donors (Lipinski definition) is 1. The first-order chi connectivity index (χ1) is 16.4. The molecule has 2 heterocycles. The molecular formula is C26H19ClN4O3. The first kappa shape index (κ1) is 22.8. The number of para-hydroxylation sites is 1. The summed E-state index contributed by atoms with van der Waals surface area (Å²) in [6.07, 6.45) is 2.77. The Hall–Kier alpha value is -4.41. The van der Waals surface area contributed by atoms with Crippen LogP contribution in [0.4, 0.5) is 5.69 Å². The van der Waals surface area contributed by atoms with Gasteiger partial charge in [-0.05, 0) is 67.4 Å². The van der Waals surface area contributed by atoms with Gasteiger partial charge < -0.3 is 10.1 Å². The number of nitriles is 1. The van der Waals surface area contributed by atoms with Gasteiger partial charge in [-0.3, -0.25) is 14.0 Å². The molecule has 0 saturated carbocycles. The first-order valence-electron chi connectivity index (χ1n) is 10.3. The average Bonchev–Trinajstić information content (AvgIpc) is 2.82. The van der Waals surface area contributed by atoms with E-state index >= 15 is 0 Å². The molecule has 0 unspecified atom stereocenters. The van der Waals surface area contributed by atoms with Crippen molar-refractivity contribution in [2.45, 2.75) is 13.8 Å². The normalized spacial score (nSPS) is 11.2. The predicted octanol–water partition coefficient (Wildman–Crippen LogP) is 5.30. The lowest BCUT2D eigenvalue weighted by molar-refractivity contribution is -0.112. The van der Waals surface area contributed by atoms with E-state index in [1.807, 2.05) is 38.1 Å². The maximum atomic E-state index is 13.4. The molecule has 1 amide bonds. The highest BCUT2D eigenvalue weighted by Crippen LogP contribution is 2.27. The average molecular weight is 471 g/mol. The minimum atomic E-state index is -0.680. The van der Waals surface area contributed by atoms with Gasteiger partial charge in [-0.15, -0.1) is 0 Å². The summed E-state index contributed by atoms with van der Waals surface area (Å²) in [4.78, 5) is 30.7. The molecule has 8 heteroatoms. The SMILES string of the molecule is Cc1ccccc1Oc1nc2c(C)cccn2c(=O)c1/C=C(/C#N)C(=O)Nc1ccc(Cl)cc1. The third-order valence-electron chi connectivity index (χ3n) is 5.11. The molecule has 0 bridgehead atoms. The third-order valence-corrected chi connectivity index (χ3v) is 5.36. The van der Waals surface area contributed by atoms with Gasteiger partial charge in [0, 0.05) is 16.9 Å². The topological polar surface area (TPSA) is 96.5 Å². The maximum Gasteiger partial charge on any atom is 0.269 e. The number of aryl methyl sites for hydroxylation is 2. The molecule has 2 aromatic carbocycles. The third kappa shape index (κ3) is 4.68. The van der Waals surface area contributed by atoms with Crippen LogP contribution in [0.25, 0.3) is 11.7 Å². The second kappa shape index (κ2) is 9.61. The van der Waals surface area contributed by atoms with Crippen molar-refractivity contribution in [1.82, 2.24) is 9.38 Å². The standard InChI is InChI=1S/C26H19ClN4O3/c1-16-6-3-4-8-22(16)34-25-21(26(33)31-13-5-7-17(2)23(31)30-25)14-18(15-28)24(32)29-20-11-9-19(27)10-12-20/h3-14H,1-2H3,(H,29,32)/b18-14-. The molecule has 0 aliphatic carbocycles. The van der Waals surface area contributed by atoms with Crippen LogP contribution in [0, 0.1) is 25.2 Å². The Morgan fingerprint density at radius 3 is 2.50 bits per heavy atom. The molecule has 168 valence electrons. The van der Waals surface area contributed by atoms with E-state index in [0.717, 1.165) is 11.1 Å². The number of anilines is 1. The minimum absolute atomic E-state index is 0.000595. The number of rotatable bonds is 5. The molecule has 34 heavy (non-hydrogen) atoms. The highest BCUT2D eigenvalue weighted by Gasteiger charge is 2.18. The molecule has 0 spiro atoms. The van der Waals surface area contributed by atoms with Gasteiger partial charge >= 0.3 is 0 Å². The fourth-order valence-corrected chi connectivity index (χ4v) is 3.42. The van der Waals surface area contributed by atoms with Gasteiger partial charge in [0.15, 0.2) is 0 Å². The molecule has 2 aromatic heterocycles. The maximum absolute atomic E-state index is 13.4. The van der Waals surface area contributed by atoms with E-state index in [9.17, 15) is 14.9 Å². The molecule has 7 nitrogen and oxygen atoms in total. The Balaban J connectivity index is 1.84. The number of benzene rings is 2. The Morgan fingerprint density at radius 2 is 1.79 bits per heavy atom. The highest BCUT2D eigenvalue weighted by molar-refractivity contribution is 6.30. The summed E-state index contributed by atoms with van der Waals surface area (Å²) in [6, 6.07) is 19.1. The van der Waals surface area contributed by atoms with Gasteiger partial charge in [0.1, 0.15) is 28.6 Å². The van der Waals surface area contributed by atoms with Crippen molar-refractivity contribution < 1.29 is 9.53 Å². The zero-order valence-electron chi connectivity index (χ0n) is 18.4. The van der Waals surface area contributed by atoms with E-state index in [4.69, 9.17) is 16.3 Å². The van der Waals surface area contributed by atoms with E-state index in [0.29, 0.717) is 22.1 Å². The van der Waals surface area contributed by atoms with Gasteiger partial charge in [-0.1, -0.05) is 35.9 Å². The summed E-state index contributed by atoms with van der Waals surface area (Å²) in [6.45, 7) is 3.69. The van der Waals surface area contributed by atoms with Crippen molar-refractivity contribution in [3.63, 3.8) is 0 Å². The van der Waals surface area contributed by atoms with Gasteiger partial charge in [-0.25, -0.2) is 0 Å². The molecule has 1 N–H and O–H groups in total. The Kier molecular flexibility index (Phi) is 6.44. The van der Waals surface area contributed by atoms with Gasteiger partial charge in [0.05, 0.1) is 0 Å². The Bertz CT molecular complexity index is 1530. The second-order valence-corrected chi connectivity index (χ2v) is 7.96. The van der Waals surface area contributed by atoms with Crippen LogP contribution < -0.4 is 15.6 Å². The van der Waals surface area contributed by atoms with Gasteiger partial charge in [0.25, 0.3) is 11.5 Å². The van der Waals surface area contributed by atoms with E-state index in [1.165, 1.54) is 10.5 Å². The number of amides is 1. The fraction of sp³-hybridized carbons (Fsp3) is 0.0769. The fourth-order valence-electron chi connectivity index (χ4n) is 3.29. The minimum Gasteiger partial charge on any atom is -0.438 e. The van der Waals surface area contributed by atoms with Crippen LogP contribution in [-0.4, -0.2) is 15.3 Å². The molecule has 0 fully saturated rings. The van der Waals surface area contributed by atoms with Crippen LogP contribution >= 0.6 is 11.6 Å². The lowest BCUT2D eigenvalue weighted by atomic mass is 10.1. The van der Waals surface area contributed by atoms with E-state index in [-0.39, 0.29) is 17.0 Å². The van der Waals surface area contributed by atoms with E-state index < -0.39 is 11.5 Å². The van der Waals surface area contributed by atoms with Crippen molar-refractivity contribution in [3.8, 4) is 17.7 Å². The molecule has 0 aliphatic heterocycles. The lowest BCUT2D eigenvalue weighted by Gasteiger charge is -2.13. The second-order valence-electron chi connectivity index (χ2n) is 7.52. The number of nitrogens with one attached hydrogen (secondary N) is 1. The predicted molar refractivity (Wildman–Crippen MR) is 131 cm³/mol. The molecule has 4 aromatic rings. The zero-order valence-corrected chi connectivity index (χ0v) is 19.1. The van der Waals surface area contributed by atoms with Crippen LogP contribution in [0.2, 0.25) is 5.02 Å². The molecule has 0 atom stereocenters. The smallest absolute Gasteiger partial charge is 0.269 e. The van der Waals surface area contributed by atoms with Crippen molar-refractivity contribution in [2.24, 2.45) is 0 Å². The lowest BCUT2D eigenvalue weighted by Crippen LogP contribution is -2.20. The van der Waals surface area contributed by atoms with Gasteiger partial charge in [0.2, 0.25) is 5.88 Å². The number of halogens is 1. The van der Waals surface area contributed by atoms with Gasteiger partial charge in [-0.2, -0.15) is 10.2 Å². The van der Waals surface area contributed by atoms with E-state index in [2.05, 4.69) is 10.3 Å². The molecular weight excluding hydrogens is 452 g/mol. The number of hydrogen-bond acceptors (Lipinski definition) is 5. The number of carbonyl (C=O) groups excluding carboxylic acids is 1. The first-order valence-corrected chi connectivity index (χ1v) is 10.7. The number of pyridine rings is 1. The quantitative estimate of drug-likeness (QED) is 0.315. The van der Waals surface area contributed by atoms with Crippen LogP contribution in [0.5, 0.6) is 11.6 Å². The van der Waals surface area contributed by atoms with Crippen LogP contribution in [0.1, 0.15) is 16.7 Å². The number of aromatic nitrogens is 2. The Morgan fingerprint density at radius 1 is 1.09 bits per heavy atom. The summed E-state index contributed by atoms with van der Waals surface area (Å²) in [7, 11) is 0. The van der Waals surface area contributed by atoms with Crippen LogP contribution in [0.3, 0.4) is 0 Å². The molecule has 0 radical (unpaired) electrons.